The first-order valence-electron chi connectivity index (χ1n) is 4.16. The molecule has 0 amide bonds. The normalized spacial score (nSPS) is 15.9. The Balaban J connectivity index is 2.25. The molecule has 74 valence electrons. The van der Waals surface area contributed by atoms with Crippen molar-refractivity contribution in [3.63, 3.8) is 0 Å². The van der Waals surface area contributed by atoms with Crippen LogP contribution in [0.3, 0.4) is 0 Å². The zero-order chi connectivity index (χ0) is 9.97. The lowest BCUT2D eigenvalue weighted by Crippen LogP contribution is -2.21. The molecular formula is C8H9N3O2S. The van der Waals surface area contributed by atoms with Crippen molar-refractivity contribution in [3.05, 3.63) is 18.0 Å². The van der Waals surface area contributed by atoms with Gasteiger partial charge in [-0.25, -0.2) is 14.8 Å². The molecule has 0 saturated carbocycles. The summed E-state index contributed by atoms with van der Waals surface area (Å²) >= 11 is 1.79. The second kappa shape index (κ2) is 3.83. The van der Waals surface area contributed by atoms with E-state index in [4.69, 9.17) is 5.11 Å². The average Bonchev–Trinajstić information content (AvgIpc) is 2.71. The predicted molar refractivity (Wildman–Crippen MR) is 53.7 cm³/mol. The van der Waals surface area contributed by atoms with Crippen molar-refractivity contribution in [2.24, 2.45) is 0 Å². The zero-order valence-corrected chi connectivity index (χ0v) is 8.20. The Morgan fingerprint density at radius 2 is 2.50 bits per heavy atom. The maximum Gasteiger partial charge on any atom is 0.354 e. The Labute approximate surface area is 85.2 Å². The van der Waals surface area contributed by atoms with Crippen LogP contribution in [0.4, 0.5) is 5.95 Å². The number of carboxylic acid groups (broad SMARTS) is 1. The van der Waals surface area contributed by atoms with Crippen LogP contribution < -0.4 is 4.90 Å². The van der Waals surface area contributed by atoms with Crippen molar-refractivity contribution < 1.29 is 9.90 Å². The molecule has 1 N–H and O–H groups in total. The number of hydrogen-bond acceptors (Lipinski definition) is 5. The molecule has 1 aliphatic heterocycles. The number of nitrogens with zero attached hydrogens (tertiary/aromatic N) is 3. The van der Waals surface area contributed by atoms with Gasteiger partial charge in [0.15, 0.2) is 5.69 Å². The van der Waals surface area contributed by atoms with Crippen LogP contribution in [-0.4, -0.2) is 39.2 Å². The second-order valence-electron chi connectivity index (χ2n) is 2.85. The van der Waals surface area contributed by atoms with Crippen molar-refractivity contribution in [1.29, 1.82) is 0 Å². The topological polar surface area (TPSA) is 66.3 Å². The summed E-state index contributed by atoms with van der Waals surface area (Å²) < 4.78 is 0. The van der Waals surface area contributed by atoms with Gasteiger partial charge in [-0.3, -0.25) is 0 Å². The lowest BCUT2D eigenvalue weighted by atomic mass is 10.4. The van der Waals surface area contributed by atoms with Crippen molar-refractivity contribution >= 4 is 23.7 Å². The standard InChI is InChI=1S/C8H9N3O2S/c12-7(13)6-1-2-9-8(10-6)11-3-4-14-5-11/h1-2H,3-5H2,(H,12,13). The summed E-state index contributed by atoms with van der Waals surface area (Å²) in [6.45, 7) is 0.883. The largest absolute Gasteiger partial charge is 0.477 e. The third-order valence-corrected chi connectivity index (χ3v) is 2.86. The van der Waals surface area contributed by atoms with Gasteiger partial charge in [-0.05, 0) is 6.07 Å². The number of carbonyl (C=O) groups is 1. The van der Waals surface area contributed by atoms with Crippen molar-refractivity contribution in [3.8, 4) is 0 Å². The highest BCUT2D eigenvalue weighted by atomic mass is 32.2. The minimum Gasteiger partial charge on any atom is -0.477 e. The van der Waals surface area contributed by atoms with Crippen LogP contribution in [0.2, 0.25) is 0 Å². The summed E-state index contributed by atoms with van der Waals surface area (Å²) in [7, 11) is 0. The molecule has 1 saturated heterocycles. The van der Waals surface area contributed by atoms with E-state index in [2.05, 4.69) is 9.97 Å². The SMILES string of the molecule is O=C(O)c1ccnc(N2CCSC2)n1. The van der Waals surface area contributed by atoms with E-state index in [1.165, 1.54) is 12.3 Å². The number of anilines is 1. The summed E-state index contributed by atoms with van der Waals surface area (Å²) in [6.07, 6.45) is 1.48. The molecule has 1 aliphatic rings. The minimum atomic E-state index is -1.01. The van der Waals surface area contributed by atoms with Gasteiger partial charge in [0, 0.05) is 18.5 Å². The van der Waals surface area contributed by atoms with E-state index >= 15 is 0 Å². The number of aromatic nitrogens is 2. The fraction of sp³-hybridized carbons (Fsp3) is 0.375. The molecule has 0 aromatic carbocycles. The van der Waals surface area contributed by atoms with Gasteiger partial charge in [-0.15, -0.1) is 11.8 Å². The summed E-state index contributed by atoms with van der Waals surface area (Å²) in [5.74, 6) is 1.37. The maximum absolute atomic E-state index is 10.7. The van der Waals surface area contributed by atoms with Crippen LogP contribution in [0.1, 0.15) is 10.5 Å². The number of carboxylic acids is 1. The van der Waals surface area contributed by atoms with E-state index < -0.39 is 5.97 Å². The van der Waals surface area contributed by atoms with Crippen LogP contribution in [-0.2, 0) is 0 Å². The Morgan fingerprint density at radius 3 is 3.14 bits per heavy atom. The minimum absolute atomic E-state index is 0.0481. The molecule has 0 bridgehead atoms. The highest BCUT2D eigenvalue weighted by Gasteiger charge is 2.16. The van der Waals surface area contributed by atoms with Gasteiger partial charge in [0.1, 0.15) is 0 Å². The first-order valence-corrected chi connectivity index (χ1v) is 5.32. The number of rotatable bonds is 2. The average molecular weight is 211 g/mol. The van der Waals surface area contributed by atoms with Gasteiger partial charge in [-0.1, -0.05) is 0 Å². The van der Waals surface area contributed by atoms with Crippen LogP contribution in [0.25, 0.3) is 0 Å². The van der Waals surface area contributed by atoms with E-state index in [0.717, 1.165) is 18.2 Å². The molecule has 5 nitrogen and oxygen atoms in total. The van der Waals surface area contributed by atoms with Crippen LogP contribution in [0, 0.1) is 0 Å². The Hall–Kier alpha value is -1.30. The maximum atomic E-state index is 10.7. The molecule has 1 fully saturated rings. The monoisotopic (exact) mass is 211 g/mol. The van der Waals surface area contributed by atoms with Crippen molar-refractivity contribution in [2.75, 3.05) is 23.1 Å². The molecule has 0 atom stereocenters. The first kappa shape index (κ1) is 9.26. The molecule has 2 rings (SSSR count). The third-order valence-electron chi connectivity index (χ3n) is 1.90. The molecular weight excluding hydrogens is 202 g/mol. The molecule has 14 heavy (non-hydrogen) atoms. The zero-order valence-electron chi connectivity index (χ0n) is 7.38. The number of hydrogen-bond donors (Lipinski definition) is 1. The highest BCUT2D eigenvalue weighted by molar-refractivity contribution is 7.99. The van der Waals surface area contributed by atoms with Gasteiger partial charge in [0.05, 0.1) is 5.88 Å². The van der Waals surface area contributed by atoms with E-state index in [-0.39, 0.29) is 5.69 Å². The highest BCUT2D eigenvalue weighted by Crippen LogP contribution is 2.18. The summed E-state index contributed by atoms with van der Waals surface area (Å²) in [6, 6.07) is 1.40. The van der Waals surface area contributed by atoms with Gasteiger partial charge < -0.3 is 10.0 Å². The van der Waals surface area contributed by atoms with Crippen molar-refractivity contribution in [2.45, 2.75) is 0 Å². The summed E-state index contributed by atoms with van der Waals surface area (Å²) in [5, 5.41) is 8.74. The molecule has 0 radical (unpaired) electrons. The van der Waals surface area contributed by atoms with Crippen LogP contribution in [0.5, 0.6) is 0 Å². The van der Waals surface area contributed by atoms with E-state index in [0.29, 0.717) is 5.95 Å². The lowest BCUT2D eigenvalue weighted by molar-refractivity contribution is 0.0690. The Morgan fingerprint density at radius 1 is 1.64 bits per heavy atom. The molecule has 1 aromatic heterocycles. The fourth-order valence-corrected chi connectivity index (χ4v) is 2.14. The predicted octanol–water partition coefficient (Wildman–Crippen LogP) is 0.685. The quantitative estimate of drug-likeness (QED) is 0.776. The summed E-state index contributed by atoms with van der Waals surface area (Å²) in [5.41, 5.74) is 0.0481. The van der Waals surface area contributed by atoms with Gasteiger partial charge in [-0.2, -0.15) is 0 Å². The first-order chi connectivity index (χ1) is 6.77. The Bertz CT molecular complexity index is 352. The van der Waals surface area contributed by atoms with E-state index in [9.17, 15) is 4.79 Å². The smallest absolute Gasteiger partial charge is 0.354 e. The number of thioether (sulfide) groups is 1. The Kier molecular flexibility index (Phi) is 2.53. The van der Waals surface area contributed by atoms with E-state index in [1.807, 2.05) is 4.90 Å². The lowest BCUT2D eigenvalue weighted by Gasteiger charge is -2.13. The molecule has 0 spiro atoms. The van der Waals surface area contributed by atoms with Gasteiger partial charge in [0.25, 0.3) is 0 Å². The van der Waals surface area contributed by atoms with Crippen LogP contribution in [0.15, 0.2) is 12.3 Å². The number of aromatic carboxylic acids is 1. The third kappa shape index (κ3) is 1.79. The van der Waals surface area contributed by atoms with Crippen LogP contribution >= 0.6 is 11.8 Å². The van der Waals surface area contributed by atoms with Gasteiger partial charge >= 0.3 is 5.97 Å². The summed E-state index contributed by atoms with van der Waals surface area (Å²) in [4.78, 5) is 20.6. The van der Waals surface area contributed by atoms with Crippen molar-refractivity contribution in [1.82, 2.24) is 9.97 Å². The molecule has 0 aliphatic carbocycles. The fourth-order valence-electron chi connectivity index (χ4n) is 1.19. The second-order valence-corrected chi connectivity index (χ2v) is 3.92. The molecule has 0 unspecified atom stereocenters. The molecule has 1 aromatic rings. The molecule has 2 heterocycles. The van der Waals surface area contributed by atoms with E-state index in [1.54, 1.807) is 11.8 Å². The molecule has 6 heteroatoms. The van der Waals surface area contributed by atoms with Gasteiger partial charge in [0.2, 0.25) is 5.95 Å².